The molecule has 188 valence electrons. The standard InChI is InChI=1S/C10H6F17O3P/c1-2(31(28,29)30)3(11,12)4(13,14)5(15,16)6(17,18)7(19,20)8(21,22)9(23,24)10(25,26)27/h2H,1H3,(H2,28,29,30). The Labute approximate surface area is 158 Å². The Kier molecular flexibility index (Phi) is 6.99. The topological polar surface area (TPSA) is 57.5 Å². The monoisotopic (exact) mass is 528 g/mol. The molecule has 0 aromatic heterocycles. The molecule has 3 nitrogen and oxygen atoms in total. The number of hydrogen-bond acceptors (Lipinski definition) is 1. The average Bonchev–Trinajstić information content (AvgIpc) is 2.50. The van der Waals surface area contributed by atoms with Gasteiger partial charge >= 0.3 is 55.2 Å². The second-order valence-electron chi connectivity index (χ2n) is 5.83. The minimum atomic E-state index is -8.78. The van der Waals surface area contributed by atoms with Crippen LogP contribution in [0.2, 0.25) is 0 Å². The first-order valence-electron chi connectivity index (χ1n) is 6.67. The fraction of sp³-hybridized carbons (Fsp3) is 1.00. The largest absolute Gasteiger partial charge is 0.460 e. The maximum Gasteiger partial charge on any atom is 0.460 e. The van der Waals surface area contributed by atoms with Crippen LogP contribution in [0.4, 0.5) is 74.6 Å². The van der Waals surface area contributed by atoms with E-state index >= 15 is 0 Å². The lowest BCUT2D eigenvalue weighted by Crippen LogP contribution is -2.75. The van der Waals surface area contributed by atoms with Crippen LogP contribution in [0.5, 0.6) is 0 Å². The smallest absolute Gasteiger partial charge is 0.324 e. The normalized spacial score (nSPS) is 17.7. The van der Waals surface area contributed by atoms with Gasteiger partial charge in [0.25, 0.3) is 0 Å². The van der Waals surface area contributed by atoms with Gasteiger partial charge in [-0.2, -0.15) is 74.6 Å². The quantitative estimate of drug-likeness (QED) is 0.321. The molecular weight excluding hydrogens is 522 g/mol. The maximum absolute atomic E-state index is 13.4. The van der Waals surface area contributed by atoms with Crippen LogP contribution in [0.15, 0.2) is 0 Å². The summed E-state index contributed by atoms with van der Waals surface area (Å²) in [6.07, 6.45) is -7.85. The highest BCUT2D eigenvalue weighted by molar-refractivity contribution is 7.52. The van der Waals surface area contributed by atoms with Gasteiger partial charge in [-0.15, -0.1) is 0 Å². The van der Waals surface area contributed by atoms with Crippen molar-refractivity contribution in [2.45, 2.75) is 60.2 Å². The zero-order valence-electron chi connectivity index (χ0n) is 13.8. The summed E-state index contributed by atoms with van der Waals surface area (Å²) < 4.78 is 230. The third-order valence-electron chi connectivity index (χ3n) is 3.78. The van der Waals surface area contributed by atoms with Crippen molar-refractivity contribution in [1.82, 2.24) is 0 Å². The number of rotatable bonds is 8. The molecule has 0 fully saturated rings. The Morgan fingerprint density at radius 3 is 0.968 bits per heavy atom. The predicted molar refractivity (Wildman–Crippen MR) is 62.2 cm³/mol. The Hall–Kier alpha value is -1.04. The fourth-order valence-corrected chi connectivity index (χ4v) is 2.23. The molecule has 1 unspecified atom stereocenters. The molecule has 0 amide bonds. The first-order valence-corrected chi connectivity index (χ1v) is 8.35. The summed E-state index contributed by atoms with van der Waals surface area (Å²) in [5.74, 6) is -58.3. The summed E-state index contributed by atoms with van der Waals surface area (Å²) in [6.45, 7) is -0.701. The fourth-order valence-electron chi connectivity index (χ4n) is 1.65. The van der Waals surface area contributed by atoms with E-state index in [0.29, 0.717) is 0 Å². The van der Waals surface area contributed by atoms with E-state index in [1.807, 2.05) is 0 Å². The number of halogens is 17. The van der Waals surface area contributed by atoms with Crippen molar-refractivity contribution in [2.24, 2.45) is 0 Å². The van der Waals surface area contributed by atoms with Gasteiger partial charge in [0.15, 0.2) is 0 Å². The van der Waals surface area contributed by atoms with E-state index in [1.165, 1.54) is 0 Å². The molecule has 0 rings (SSSR count). The highest BCUT2D eigenvalue weighted by Gasteiger charge is 2.95. The maximum atomic E-state index is 13.4. The zero-order chi connectivity index (χ0) is 26.1. The lowest BCUT2D eigenvalue weighted by atomic mass is 9.88. The summed E-state index contributed by atoms with van der Waals surface area (Å²) in [5.41, 5.74) is -4.39. The van der Waals surface area contributed by atoms with Crippen molar-refractivity contribution in [3.05, 3.63) is 0 Å². The van der Waals surface area contributed by atoms with Gasteiger partial charge in [0, 0.05) is 0 Å². The molecule has 0 aliphatic heterocycles. The molecule has 0 heterocycles. The van der Waals surface area contributed by atoms with Gasteiger partial charge in [-0.1, -0.05) is 0 Å². The molecule has 0 aromatic carbocycles. The van der Waals surface area contributed by atoms with Crippen molar-refractivity contribution in [3.8, 4) is 0 Å². The second kappa shape index (κ2) is 7.23. The minimum absolute atomic E-state index is 0.701. The predicted octanol–water partition coefficient (Wildman–Crippen LogP) is 5.56. The molecule has 31 heavy (non-hydrogen) atoms. The molecule has 0 saturated heterocycles. The first kappa shape index (κ1) is 30.0. The van der Waals surface area contributed by atoms with Gasteiger partial charge < -0.3 is 9.79 Å². The highest BCUT2D eigenvalue weighted by atomic mass is 31.2. The van der Waals surface area contributed by atoms with Crippen molar-refractivity contribution in [3.63, 3.8) is 0 Å². The van der Waals surface area contributed by atoms with Crippen LogP contribution >= 0.6 is 7.60 Å². The van der Waals surface area contributed by atoms with Gasteiger partial charge in [-0.25, -0.2) is 0 Å². The van der Waals surface area contributed by atoms with Crippen LogP contribution < -0.4 is 0 Å². The Morgan fingerprint density at radius 1 is 0.516 bits per heavy atom. The minimum Gasteiger partial charge on any atom is -0.324 e. The van der Waals surface area contributed by atoms with Gasteiger partial charge in [0.05, 0.1) is 0 Å². The summed E-state index contributed by atoms with van der Waals surface area (Å²) in [7, 11) is -6.63. The van der Waals surface area contributed by atoms with Gasteiger partial charge in [-0.05, 0) is 6.92 Å². The Balaban J connectivity index is 6.87. The lowest BCUT2D eigenvalue weighted by molar-refractivity contribution is -0.461. The molecule has 0 aliphatic rings. The van der Waals surface area contributed by atoms with Gasteiger partial charge in [0.1, 0.15) is 5.66 Å². The summed E-state index contributed by atoms with van der Waals surface area (Å²) in [5, 5.41) is 0. The van der Waals surface area contributed by atoms with Crippen molar-refractivity contribution in [1.29, 1.82) is 0 Å². The molecule has 0 saturated carbocycles. The second-order valence-corrected chi connectivity index (χ2v) is 7.78. The van der Waals surface area contributed by atoms with Gasteiger partial charge in [-0.3, -0.25) is 4.57 Å². The van der Waals surface area contributed by atoms with E-state index in [4.69, 9.17) is 9.79 Å². The number of alkyl halides is 17. The molecule has 0 aliphatic carbocycles. The van der Waals surface area contributed by atoms with Crippen LogP contribution in [-0.4, -0.2) is 63.1 Å². The van der Waals surface area contributed by atoms with Crippen molar-refractivity contribution in [2.75, 3.05) is 0 Å². The van der Waals surface area contributed by atoms with Crippen molar-refractivity contribution >= 4 is 7.60 Å². The average molecular weight is 528 g/mol. The van der Waals surface area contributed by atoms with E-state index in [-0.39, 0.29) is 0 Å². The molecule has 0 radical (unpaired) electrons. The summed E-state index contributed by atoms with van der Waals surface area (Å²) >= 11 is 0. The van der Waals surface area contributed by atoms with E-state index in [2.05, 4.69) is 0 Å². The van der Waals surface area contributed by atoms with Crippen LogP contribution in [0, 0.1) is 0 Å². The van der Waals surface area contributed by atoms with Crippen LogP contribution in [0.25, 0.3) is 0 Å². The third kappa shape index (κ3) is 3.85. The van der Waals surface area contributed by atoms with E-state index in [9.17, 15) is 79.2 Å². The molecule has 1 atom stereocenters. The van der Waals surface area contributed by atoms with Crippen molar-refractivity contribution < 1.29 is 89.0 Å². The molecule has 21 heteroatoms. The SMILES string of the molecule is CC(C(F)(F)C(F)(F)C(F)(F)C(F)(F)C(F)(F)C(F)(F)C(F)(F)C(F)(F)F)P(=O)(O)O. The molecule has 2 N–H and O–H groups in total. The van der Waals surface area contributed by atoms with Crippen LogP contribution in [0.3, 0.4) is 0 Å². The molecule has 0 aromatic rings. The highest BCUT2D eigenvalue weighted by Crippen LogP contribution is 2.65. The van der Waals surface area contributed by atoms with Gasteiger partial charge in [0.2, 0.25) is 0 Å². The van der Waals surface area contributed by atoms with Crippen LogP contribution in [0.1, 0.15) is 6.92 Å². The summed E-state index contributed by atoms with van der Waals surface area (Å²) in [6, 6.07) is 0. The first-order chi connectivity index (χ1) is 12.9. The summed E-state index contributed by atoms with van der Waals surface area (Å²) in [4.78, 5) is 16.6. The Morgan fingerprint density at radius 2 is 0.742 bits per heavy atom. The third-order valence-corrected chi connectivity index (χ3v) is 5.11. The number of hydrogen-bond donors (Lipinski definition) is 2. The van der Waals surface area contributed by atoms with E-state index in [1.54, 1.807) is 0 Å². The van der Waals surface area contributed by atoms with Crippen LogP contribution in [-0.2, 0) is 4.57 Å². The molecule has 0 spiro atoms. The lowest BCUT2D eigenvalue weighted by Gasteiger charge is -2.43. The molecular formula is C10H6F17O3P. The molecule has 0 bridgehead atoms. The Bertz CT molecular complexity index is 720. The van der Waals surface area contributed by atoms with E-state index in [0.717, 1.165) is 0 Å². The van der Waals surface area contributed by atoms with E-state index < -0.39 is 67.8 Å². The zero-order valence-corrected chi connectivity index (χ0v) is 14.6.